The fourth-order valence-electron chi connectivity index (χ4n) is 3.10. The van der Waals surface area contributed by atoms with E-state index in [1.807, 2.05) is 36.6 Å². The molecule has 23 heavy (non-hydrogen) atoms. The fraction of sp³-hybridized carbons (Fsp3) is 0.389. The summed E-state index contributed by atoms with van der Waals surface area (Å²) in [4.78, 5) is 12.7. The van der Waals surface area contributed by atoms with E-state index in [4.69, 9.17) is 10.5 Å². The van der Waals surface area contributed by atoms with Crippen LogP contribution in [0.15, 0.2) is 29.6 Å². The van der Waals surface area contributed by atoms with Gasteiger partial charge in [-0.2, -0.15) is 0 Å². The summed E-state index contributed by atoms with van der Waals surface area (Å²) in [6.45, 7) is 2.53. The van der Waals surface area contributed by atoms with Gasteiger partial charge in [0.25, 0.3) is 5.91 Å². The largest absolute Gasteiger partial charge is 0.493 e. The molecule has 0 bridgehead atoms. The number of rotatable bonds is 5. The zero-order valence-electron chi connectivity index (χ0n) is 13.3. The van der Waals surface area contributed by atoms with Crippen molar-refractivity contribution in [2.24, 2.45) is 0 Å². The lowest BCUT2D eigenvalue weighted by Crippen LogP contribution is -2.33. The van der Waals surface area contributed by atoms with Crippen LogP contribution in [0, 0.1) is 0 Å². The van der Waals surface area contributed by atoms with Gasteiger partial charge in [-0.1, -0.05) is 31.0 Å². The van der Waals surface area contributed by atoms with Crippen molar-refractivity contribution >= 4 is 22.2 Å². The molecule has 1 amide bonds. The molecule has 0 radical (unpaired) electrons. The number of thiophene rings is 1. The Labute approximate surface area is 140 Å². The zero-order chi connectivity index (χ0) is 16.2. The third-order valence-corrected chi connectivity index (χ3v) is 5.03. The number of amides is 1. The Morgan fingerprint density at radius 3 is 2.78 bits per heavy atom. The molecule has 1 aliphatic rings. The summed E-state index contributed by atoms with van der Waals surface area (Å²) in [5.41, 5.74) is 8.44. The monoisotopic (exact) mass is 330 g/mol. The Kier molecular flexibility index (Phi) is 4.86. The third kappa shape index (κ3) is 3.34. The van der Waals surface area contributed by atoms with E-state index in [1.54, 1.807) is 0 Å². The Morgan fingerprint density at radius 2 is 2.04 bits per heavy atom. The molecule has 1 fully saturated rings. The van der Waals surface area contributed by atoms with E-state index < -0.39 is 0 Å². The van der Waals surface area contributed by atoms with E-state index in [0.29, 0.717) is 17.2 Å². The maximum absolute atomic E-state index is 12.7. The number of ether oxygens (including phenoxy) is 1. The maximum Gasteiger partial charge on any atom is 0.255 e. The summed E-state index contributed by atoms with van der Waals surface area (Å²) >= 11 is 1.40. The molecule has 0 atom stereocenters. The van der Waals surface area contributed by atoms with Gasteiger partial charge in [0, 0.05) is 22.5 Å². The van der Waals surface area contributed by atoms with E-state index in [9.17, 15) is 4.79 Å². The van der Waals surface area contributed by atoms with Crippen LogP contribution in [-0.2, 0) is 0 Å². The van der Waals surface area contributed by atoms with E-state index >= 15 is 0 Å². The van der Waals surface area contributed by atoms with Crippen LogP contribution in [0.5, 0.6) is 5.75 Å². The summed E-state index contributed by atoms with van der Waals surface area (Å²) in [5, 5.41) is 5.63. The Hall–Kier alpha value is -2.01. The highest BCUT2D eigenvalue weighted by Crippen LogP contribution is 2.38. The highest BCUT2D eigenvalue weighted by atomic mass is 32.1. The number of benzene rings is 1. The quantitative estimate of drug-likeness (QED) is 0.868. The molecule has 4 nitrogen and oxygen atoms in total. The first-order valence-electron chi connectivity index (χ1n) is 8.10. The minimum atomic E-state index is -0.0723. The van der Waals surface area contributed by atoms with Gasteiger partial charge in [-0.25, -0.2) is 0 Å². The first kappa shape index (κ1) is 15.9. The predicted octanol–water partition coefficient (Wildman–Crippen LogP) is 4.07. The van der Waals surface area contributed by atoms with Gasteiger partial charge in [0.2, 0.25) is 0 Å². The molecule has 0 unspecified atom stereocenters. The van der Waals surface area contributed by atoms with Crippen LogP contribution in [-0.4, -0.2) is 18.6 Å². The van der Waals surface area contributed by atoms with Crippen molar-refractivity contribution in [1.29, 1.82) is 0 Å². The summed E-state index contributed by atoms with van der Waals surface area (Å²) in [6.07, 6.45) is 4.48. The van der Waals surface area contributed by atoms with Gasteiger partial charge in [0.05, 0.1) is 17.2 Å². The highest BCUT2D eigenvalue weighted by Gasteiger charge is 2.24. The van der Waals surface area contributed by atoms with Gasteiger partial charge in [0.1, 0.15) is 5.75 Å². The van der Waals surface area contributed by atoms with Crippen molar-refractivity contribution in [3.05, 3.63) is 35.2 Å². The van der Waals surface area contributed by atoms with Crippen LogP contribution >= 0.6 is 11.3 Å². The lowest BCUT2D eigenvalue weighted by atomic mass is 10.0. The van der Waals surface area contributed by atoms with E-state index in [0.717, 1.165) is 29.7 Å². The number of nitrogens with one attached hydrogen (secondary N) is 1. The zero-order valence-corrected chi connectivity index (χ0v) is 14.1. The third-order valence-electron chi connectivity index (χ3n) is 4.21. The summed E-state index contributed by atoms with van der Waals surface area (Å²) in [6, 6.07) is 8.05. The van der Waals surface area contributed by atoms with Crippen molar-refractivity contribution in [3.63, 3.8) is 0 Å². The minimum absolute atomic E-state index is 0.0723. The van der Waals surface area contributed by atoms with Gasteiger partial charge in [-0.3, -0.25) is 4.79 Å². The Bertz CT molecular complexity index is 690. The van der Waals surface area contributed by atoms with Crippen LogP contribution in [0.4, 0.5) is 5.00 Å². The fourth-order valence-corrected chi connectivity index (χ4v) is 3.91. The van der Waals surface area contributed by atoms with E-state index in [-0.39, 0.29) is 11.9 Å². The SMILES string of the molecule is CCOc1ccccc1-c1csc(N)c1C(=O)NC1CCCC1. The summed E-state index contributed by atoms with van der Waals surface area (Å²) in [5.74, 6) is 0.708. The van der Waals surface area contributed by atoms with Crippen molar-refractivity contribution < 1.29 is 9.53 Å². The smallest absolute Gasteiger partial charge is 0.255 e. The van der Waals surface area contributed by atoms with Gasteiger partial charge in [0.15, 0.2) is 0 Å². The maximum atomic E-state index is 12.7. The number of nitrogens with two attached hydrogens (primary N) is 1. The molecule has 0 saturated heterocycles. The number of anilines is 1. The number of para-hydroxylation sites is 1. The molecule has 3 N–H and O–H groups in total. The summed E-state index contributed by atoms with van der Waals surface area (Å²) < 4.78 is 5.70. The molecule has 0 aliphatic heterocycles. The molecular formula is C18H22N2O2S. The van der Waals surface area contributed by atoms with Gasteiger partial charge >= 0.3 is 0 Å². The van der Waals surface area contributed by atoms with Gasteiger partial charge in [-0.15, -0.1) is 11.3 Å². The van der Waals surface area contributed by atoms with E-state index in [1.165, 1.54) is 24.2 Å². The average Bonchev–Trinajstić information content (AvgIpc) is 3.17. The van der Waals surface area contributed by atoms with Crippen LogP contribution < -0.4 is 15.8 Å². The molecule has 0 spiro atoms. The van der Waals surface area contributed by atoms with Crippen molar-refractivity contribution in [3.8, 4) is 16.9 Å². The predicted molar refractivity (Wildman–Crippen MR) is 95.1 cm³/mol. The summed E-state index contributed by atoms with van der Waals surface area (Å²) in [7, 11) is 0. The second-order valence-corrected chi connectivity index (χ2v) is 6.68. The van der Waals surface area contributed by atoms with E-state index in [2.05, 4.69) is 5.32 Å². The molecule has 1 saturated carbocycles. The highest BCUT2D eigenvalue weighted by molar-refractivity contribution is 7.15. The van der Waals surface area contributed by atoms with Gasteiger partial charge < -0.3 is 15.8 Å². The molecule has 122 valence electrons. The first-order chi connectivity index (χ1) is 11.2. The van der Waals surface area contributed by atoms with Crippen molar-refractivity contribution in [2.75, 3.05) is 12.3 Å². The standard InChI is InChI=1S/C18H22N2O2S/c1-2-22-15-10-6-5-9-13(15)14-11-23-17(19)16(14)18(21)20-12-7-3-4-8-12/h5-6,9-12H,2-4,7-8,19H2,1H3,(H,20,21). The topological polar surface area (TPSA) is 64.3 Å². The van der Waals surface area contributed by atoms with Gasteiger partial charge in [-0.05, 0) is 25.8 Å². The molecule has 5 heteroatoms. The Morgan fingerprint density at radius 1 is 1.30 bits per heavy atom. The number of nitrogen functional groups attached to an aromatic ring is 1. The van der Waals surface area contributed by atoms with Crippen LogP contribution in [0.2, 0.25) is 0 Å². The normalized spacial score (nSPS) is 14.8. The van der Waals surface area contributed by atoms with Crippen LogP contribution in [0.25, 0.3) is 11.1 Å². The molecular weight excluding hydrogens is 308 g/mol. The molecule has 1 aromatic carbocycles. The molecule has 1 aromatic heterocycles. The first-order valence-corrected chi connectivity index (χ1v) is 8.98. The van der Waals surface area contributed by atoms with Crippen molar-refractivity contribution in [1.82, 2.24) is 5.32 Å². The lowest BCUT2D eigenvalue weighted by Gasteiger charge is -2.14. The second kappa shape index (κ2) is 7.04. The number of hydrogen-bond acceptors (Lipinski definition) is 4. The lowest BCUT2D eigenvalue weighted by molar-refractivity contribution is 0.0940. The molecule has 1 aliphatic carbocycles. The second-order valence-electron chi connectivity index (χ2n) is 5.77. The molecule has 2 aromatic rings. The molecule has 1 heterocycles. The number of hydrogen-bond donors (Lipinski definition) is 2. The van der Waals surface area contributed by atoms with Crippen molar-refractivity contribution in [2.45, 2.75) is 38.6 Å². The minimum Gasteiger partial charge on any atom is -0.493 e. The van der Waals surface area contributed by atoms with Crippen LogP contribution in [0.1, 0.15) is 43.0 Å². The Balaban J connectivity index is 1.93. The average molecular weight is 330 g/mol. The number of carbonyl (C=O) groups excluding carboxylic acids is 1. The van der Waals surface area contributed by atoms with Crippen LogP contribution in [0.3, 0.4) is 0 Å². The molecule has 3 rings (SSSR count). The number of carbonyl (C=O) groups is 1.